The number of H-pyrrole nitrogens is 1. The van der Waals surface area contributed by atoms with Gasteiger partial charge in [0.1, 0.15) is 11.5 Å². The number of nitrogens with zero attached hydrogens (tertiary/aromatic N) is 3. The highest BCUT2D eigenvalue weighted by Gasteiger charge is 2.09. The first-order valence-electron chi connectivity index (χ1n) is 6.27. The molecule has 0 atom stereocenters. The predicted molar refractivity (Wildman–Crippen MR) is 75.8 cm³/mol. The fraction of sp³-hybridized carbons (Fsp3) is 0.0667. The van der Waals surface area contributed by atoms with Crippen LogP contribution < -0.4 is 0 Å². The molecule has 98 valence electrons. The van der Waals surface area contributed by atoms with Gasteiger partial charge in [-0.15, -0.1) is 0 Å². The van der Waals surface area contributed by atoms with E-state index in [2.05, 4.69) is 21.1 Å². The van der Waals surface area contributed by atoms with E-state index in [1.165, 1.54) is 12.3 Å². The van der Waals surface area contributed by atoms with E-state index in [1.807, 2.05) is 31.6 Å². The normalized spacial score (nSPS) is 11.5. The molecule has 0 aliphatic carbocycles. The van der Waals surface area contributed by atoms with Crippen LogP contribution >= 0.6 is 0 Å². The smallest absolute Gasteiger partial charge is 0.142 e. The second-order valence-electron chi connectivity index (χ2n) is 4.83. The number of fused-ring (bicyclic) bond motifs is 2. The van der Waals surface area contributed by atoms with Gasteiger partial charge in [-0.25, -0.2) is 9.37 Å². The zero-order valence-corrected chi connectivity index (χ0v) is 10.8. The third-order valence-electron chi connectivity index (χ3n) is 3.43. The van der Waals surface area contributed by atoms with Crippen LogP contribution in [0.1, 0.15) is 0 Å². The van der Waals surface area contributed by atoms with E-state index in [0.717, 1.165) is 27.4 Å². The average molecular weight is 266 g/mol. The number of hydrogen-bond acceptors (Lipinski definition) is 2. The summed E-state index contributed by atoms with van der Waals surface area (Å²) in [6, 6.07) is 7.51. The van der Waals surface area contributed by atoms with E-state index < -0.39 is 0 Å². The maximum Gasteiger partial charge on any atom is 0.142 e. The highest BCUT2D eigenvalue weighted by atomic mass is 19.1. The summed E-state index contributed by atoms with van der Waals surface area (Å²) >= 11 is 0. The van der Waals surface area contributed by atoms with E-state index in [1.54, 1.807) is 4.68 Å². The average Bonchev–Trinajstić information content (AvgIpc) is 2.99. The highest BCUT2D eigenvalue weighted by molar-refractivity contribution is 5.96. The standard InChI is InChI=1S/C15H11FN4/c1-20-8-10-4-9(2-3-14(10)19-20)13-7-18-15-12(13)5-11(16)6-17-15/h2-8H,1H3,(H,17,18). The number of aromatic nitrogens is 4. The Labute approximate surface area is 113 Å². The quantitative estimate of drug-likeness (QED) is 0.575. The molecule has 0 amide bonds. The first-order chi connectivity index (χ1) is 9.70. The van der Waals surface area contributed by atoms with E-state index in [4.69, 9.17) is 0 Å². The van der Waals surface area contributed by atoms with Crippen LogP contribution in [0.15, 0.2) is 42.9 Å². The summed E-state index contributed by atoms with van der Waals surface area (Å²) < 4.78 is 15.2. The molecule has 1 aromatic carbocycles. The number of aryl methyl sites for hydroxylation is 1. The fourth-order valence-electron chi connectivity index (χ4n) is 2.53. The molecule has 3 aromatic heterocycles. The third-order valence-corrected chi connectivity index (χ3v) is 3.43. The van der Waals surface area contributed by atoms with Gasteiger partial charge in [-0.1, -0.05) is 6.07 Å². The summed E-state index contributed by atoms with van der Waals surface area (Å²) in [4.78, 5) is 7.11. The number of benzene rings is 1. The first kappa shape index (κ1) is 11.2. The van der Waals surface area contributed by atoms with Gasteiger partial charge >= 0.3 is 0 Å². The fourth-order valence-corrected chi connectivity index (χ4v) is 2.53. The lowest BCUT2D eigenvalue weighted by Gasteiger charge is -1.99. The van der Waals surface area contributed by atoms with Crippen LogP contribution in [0.4, 0.5) is 4.39 Å². The lowest BCUT2D eigenvalue weighted by atomic mass is 10.0. The molecule has 0 saturated carbocycles. The Morgan fingerprint density at radius 3 is 3.05 bits per heavy atom. The molecule has 0 unspecified atom stereocenters. The number of hydrogen-bond donors (Lipinski definition) is 1. The molecule has 0 bridgehead atoms. The van der Waals surface area contributed by atoms with Gasteiger partial charge in [0.15, 0.2) is 0 Å². The van der Waals surface area contributed by atoms with Crippen LogP contribution in [0.3, 0.4) is 0 Å². The molecular formula is C15H11FN4. The second kappa shape index (κ2) is 3.90. The maximum atomic E-state index is 13.4. The summed E-state index contributed by atoms with van der Waals surface area (Å²) in [5.41, 5.74) is 3.59. The van der Waals surface area contributed by atoms with Crippen molar-refractivity contribution in [3.8, 4) is 11.1 Å². The molecule has 4 nitrogen and oxygen atoms in total. The molecule has 4 aromatic rings. The Balaban J connectivity index is 1.97. The monoisotopic (exact) mass is 266 g/mol. The molecule has 5 heteroatoms. The number of pyridine rings is 1. The molecule has 1 N–H and O–H groups in total. The summed E-state index contributed by atoms with van der Waals surface area (Å²) in [5.74, 6) is -0.333. The lowest BCUT2D eigenvalue weighted by molar-refractivity contribution is 0.624. The molecule has 0 radical (unpaired) electrons. The van der Waals surface area contributed by atoms with Crippen molar-refractivity contribution in [3.63, 3.8) is 0 Å². The van der Waals surface area contributed by atoms with Crippen LogP contribution in [-0.2, 0) is 7.05 Å². The van der Waals surface area contributed by atoms with E-state index >= 15 is 0 Å². The third kappa shape index (κ3) is 1.60. The summed E-state index contributed by atoms with van der Waals surface area (Å²) in [5, 5.41) is 6.19. The first-order valence-corrected chi connectivity index (χ1v) is 6.27. The number of rotatable bonds is 1. The molecule has 3 heterocycles. The summed E-state index contributed by atoms with van der Waals surface area (Å²) in [6.07, 6.45) is 5.04. The van der Waals surface area contributed by atoms with Gasteiger partial charge < -0.3 is 4.98 Å². The Hall–Kier alpha value is -2.69. The van der Waals surface area contributed by atoms with Gasteiger partial charge in [-0.05, 0) is 23.8 Å². The Morgan fingerprint density at radius 1 is 1.25 bits per heavy atom. The van der Waals surface area contributed by atoms with Crippen molar-refractivity contribution in [1.29, 1.82) is 0 Å². The molecule has 0 saturated heterocycles. The van der Waals surface area contributed by atoms with Crippen molar-refractivity contribution >= 4 is 21.9 Å². The van der Waals surface area contributed by atoms with E-state index in [0.29, 0.717) is 5.65 Å². The lowest BCUT2D eigenvalue weighted by Crippen LogP contribution is -1.84. The number of aromatic amines is 1. The molecule has 4 rings (SSSR count). The summed E-state index contributed by atoms with van der Waals surface area (Å²) in [6.45, 7) is 0. The topological polar surface area (TPSA) is 46.5 Å². The molecule has 0 aliphatic heterocycles. The van der Waals surface area contributed by atoms with Crippen molar-refractivity contribution in [2.45, 2.75) is 0 Å². The number of nitrogens with one attached hydrogen (secondary N) is 1. The van der Waals surface area contributed by atoms with Gasteiger partial charge in [-0.2, -0.15) is 5.10 Å². The van der Waals surface area contributed by atoms with Gasteiger partial charge in [0.05, 0.1) is 11.7 Å². The van der Waals surface area contributed by atoms with Crippen molar-refractivity contribution < 1.29 is 4.39 Å². The van der Waals surface area contributed by atoms with Crippen LogP contribution in [0, 0.1) is 5.82 Å². The molecule has 0 spiro atoms. The van der Waals surface area contributed by atoms with Crippen LogP contribution in [0.25, 0.3) is 33.1 Å². The van der Waals surface area contributed by atoms with Gasteiger partial charge in [-0.3, -0.25) is 4.68 Å². The predicted octanol–water partition coefficient (Wildman–Crippen LogP) is 3.26. The van der Waals surface area contributed by atoms with Crippen LogP contribution in [-0.4, -0.2) is 19.7 Å². The minimum atomic E-state index is -0.333. The van der Waals surface area contributed by atoms with E-state index in [-0.39, 0.29) is 5.82 Å². The minimum absolute atomic E-state index is 0.333. The van der Waals surface area contributed by atoms with E-state index in [9.17, 15) is 4.39 Å². The molecule has 20 heavy (non-hydrogen) atoms. The Kier molecular flexibility index (Phi) is 2.18. The van der Waals surface area contributed by atoms with Crippen LogP contribution in [0.2, 0.25) is 0 Å². The Bertz CT molecular complexity index is 936. The SMILES string of the molecule is Cn1cc2cc(-c3c[nH]c4ncc(F)cc34)ccc2n1. The van der Waals surface area contributed by atoms with Crippen molar-refractivity contribution in [1.82, 2.24) is 19.7 Å². The maximum absolute atomic E-state index is 13.4. The molecular weight excluding hydrogens is 255 g/mol. The minimum Gasteiger partial charge on any atom is -0.346 e. The number of halogens is 1. The summed E-state index contributed by atoms with van der Waals surface area (Å²) in [7, 11) is 1.89. The van der Waals surface area contributed by atoms with Gasteiger partial charge in [0.2, 0.25) is 0 Å². The molecule has 0 aliphatic rings. The highest BCUT2D eigenvalue weighted by Crippen LogP contribution is 2.30. The Morgan fingerprint density at radius 2 is 2.15 bits per heavy atom. The second-order valence-corrected chi connectivity index (χ2v) is 4.83. The van der Waals surface area contributed by atoms with Gasteiger partial charge in [0, 0.05) is 35.8 Å². The van der Waals surface area contributed by atoms with Crippen LogP contribution in [0.5, 0.6) is 0 Å². The zero-order chi connectivity index (χ0) is 13.7. The molecule has 0 fully saturated rings. The van der Waals surface area contributed by atoms with Gasteiger partial charge in [0.25, 0.3) is 0 Å². The van der Waals surface area contributed by atoms with Crippen molar-refractivity contribution in [2.75, 3.05) is 0 Å². The van der Waals surface area contributed by atoms with Crippen molar-refractivity contribution in [2.24, 2.45) is 7.05 Å². The largest absolute Gasteiger partial charge is 0.346 e. The zero-order valence-electron chi connectivity index (χ0n) is 10.8. The van der Waals surface area contributed by atoms with Crippen molar-refractivity contribution in [3.05, 3.63) is 48.7 Å².